The van der Waals surface area contributed by atoms with Crippen molar-refractivity contribution in [1.82, 2.24) is 0 Å². The smallest absolute Gasteiger partial charge is 0.335 e. The molecule has 19 heavy (non-hydrogen) atoms. The Morgan fingerprint density at radius 2 is 2.00 bits per heavy atom. The van der Waals surface area contributed by atoms with Crippen LogP contribution >= 0.6 is 0 Å². The number of nitro benzene ring substituents is 1. The number of nitrogens with zero attached hydrogens (tertiary/aromatic N) is 1. The molecule has 0 atom stereocenters. The number of carbonyl (C=O) groups is 3. The number of benzene rings is 1. The van der Waals surface area contributed by atoms with Crippen LogP contribution in [0, 0.1) is 10.1 Å². The summed E-state index contributed by atoms with van der Waals surface area (Å²) in [6, 6.07) is 2.98. The summed E-state index contributed by atoms with van der Waals surface area (Å²) in [7, 11) is 0. The minimum absolute atomic E-state index is 0.0349. The van der Waals surface area contributed by atoms with Crippen LogP contribution in [0.25, 0.3) is 0 Å². The van der Waals surface area contributed by atoms with E-state index in [1.807, 2.05) is 0 Å². The van der Waals surface area contributed by atoms with Gasteiger partial charge in [-0.3, -0.25) is 19.7 Å². The van der Waals surface area contributed by atoms with Gasteiger partial charge < -0.3 is 10.4 Å². The van der Waals surface area contributed by atoms with Crippen molar-refractivity contribution in [3.63, 3.8) is 0 Å². The lowest BCUT2D eigenvalue weighted by Crippen LogP contribution is -2.22. The zero-order valence-corrected chi connectivity index (χ0v) is 9.87. The Morgan fingerprint density at radius 1 is 1.37 bits per heavy atom. The molecule has 8 nitrogen and oxygen atoms in total. The van der Waals surface area contributed by atoms with Gasteiger partial charge in [-0.15, -0.1) is 0 Å². The van der Waals surface area contributed by atoms with Crippen molar-refractivity contribution in [3.05, 3.63) is 33.9 Å². The highest BCUT2D eigenvalue weighted by molar-refractivity contribution is 6.40. The Bertz CT molecular complexity index is 566. The molecule has 0 aliphatic heterocycles. The van der Waals surface area contributed by atoms with Crippen LogP contribution < -0.4 is 5.32 Å². The van der Waals surface area contributed by atoms with Crippen molar-refractivity contribution < 1.29 is 24.4 Å². The maximum Gasteiger partial charge on any atom is 0.335 e. The average Bonchev–Trinajstić information content (AvgIpc) is 2.37. The molecule has 0 fully saturated rings. The minimum atomic E-state index is -1.33. The first-order valence-corrected chi connectivity index (χ1v) is 5.22. The zero-order chi connectivity index (χ0) is 14.6. The van der Waals surface area contributed by atoms with Crippen molar-refractivity contribution in [2.75, 3.05) is 5.32 Å². The largest absolute Gasteiger partial charge is 0.478 e. The molecule has 1 aromatic carbocycles. The van der Waals surface area contributed by atoms with E-state index < -0.39 is 28.3 Å². The Hall–Kier alpha value is -2.77. The zero-order valence-electron chi connectivity index (χ0n) is 9.87. The predicted molar refractivity (Wildman–Crippen MR) is 64.0 cm³/mol. The van der Waals surface area contributed by atoms with Crippen molar-refractivity contribution >= 4 is 29.0 Å². The first-order valence-electron chi connectivity index (χ1n) is 5.22. The van der Waals surface area contributed by atoms with Crippen LogP contribution in [0.4, 0.5) is 11.4 Å². The van der Waals surface area contributed by atoms with Crippen LogP contribution in [0.5, 0.6) is 0 Å². The lowest BCUT2D eigenvalue weighted by atomic mass is 10.1. The number of anilines is 1. The van der Waals surface area contributed by atoms with Gasteiger partial charge in [-0.1, -0.05) is 6.92 Å². The van der Waals surface area contributed by atoms with Crippen LogP contribution in [-0.2, 0) is 9.59 Å². The van der Waals surface area contributed by atoms with E-state index in [0.29, 0.717) is 0 Å². The average molecular weight is 266 g/mol. The first-order chi connectivity index (χ1) is 8.86. The van der Waals surface area contributed by atoms with Crippen molar-refractivity contribution in [1.29, 1.82) is 0 Å². The minimum Gasteiger partial charge on any atom is -0.478 e. The standard InChI is InChI=1S/C11H10N2O6/c1-2-9(14)10(15)12-7-4-3-6(11(16)17)5-8(7)13(18)19/h3-5H,2H2,1H3,(H,12,15)(H,16,17). The molecule has 0 bridgehead atoms. The lowest BCUT2D eigenvalue weighted by molar-refractivity contribution is -0.384. The molecular formula is C11H10N2O6. The normalized spacial score (nSPS) is 9.74. The molecule has 2 N–H and O–H groups in total. The number of ketones is 1. The van der Waals surface area contributed by atoms with E-state index in [9.17, 15) is 24.5 Å². The first kappa shape index (κ1) is 14.3. The number of nitrogens with one attached hydrogen (secondary N) is 1. The summed E-state index contributed by atoms with van der Waals surface area (Å²) in [5.41, 5.74) is -1.09. The van der Waals surface area contributed by atoms with Gasteiger partial charge in [0, 0.05) is 12.5 Å². The number of hydrogen-bond donors (Lipinski definition) is 2. The summed E-state index contributed by atoms with van der Waals surface area (Å²) >= 11 is 0. The molecule has 0 unspecified atom stereocenters. The topological polar surface area (TPSA) is 127 Å². The fourth-order valence-corrected chi connectivity index (χ4v) is 1.27. The fourth-order valence-electron chi connectivity index (χ4n) is 1.27. The van der Waals surface area contributed by atoms with Gasteiger partial charge in [0.1, 0.15) is 5.69 Å². The second-order valence-electron chi connectivity index (χ2n) is 3.53. The summed E-state index contributed by atoms with van der Waals surface area (Å²) in [6.45, 7) is 1.48. The van der Waals surface area contributed by atoms with Crippen LogP contribution in [0.15, 0.2) is 18.2 Å². The Kier molecular flexibility index (Phi) is 4.30. The maximum atomic E-state index is 11.3. The third-order valence-electron chi connectivity index (χ3n) is 2.26. The lowest BCUT2D eigenvalue weighted by Gasteiger charge is -2.05. The van der Waals surface area contributed by atoms with Gasteiger partial charge in [-0.2, -0.15) is 0 Å². The second-order valence-corrected chi connectivity index (χ2v) is 3.53. The molecule has 0 radical (unpaired) electrons. The van der Waals surface area contributed by atoms with Gasteiger partial charge >= 0.3 is 5.97 Å². The van der Waals surface area contributed by atoms with Crippen molar-refractivity contribution in [2.24, 2.45) is 0 Å². The van der Waals surface area contributed by atoms with Crippen LogP contribution in [0.1, 0.15) is 23.7 Å². The van der Waals surface area contributed by atoms with Gasteiger partial charge in [0.25, 0.3) is 11.6 Å². The summed E-state index contributed by atoms with van der Waals surface area (Å²) < 4.78 is 0. The van der Waals surface area contributed by atoms with Crippen molar-refractivity contribution in [2.45, 2.75) is 13.3 Å². The Morgan fingerprint density at radius 3 is 2.47 bits per heavy atom. The van der Waals surface area contributed by atoms with Gasteiger partial charge in [-0.25, -0.2) is 4.79 Å². The van der Waals surface area contributed by atoms with E-state index in [0.717, 1.165) is 18.2 Å². The molecule has 0 spiro atoms. The highest BCUT2D eigenvalue weighted by Crippen LogP contribution is 2.25. The van der Waals surface area contributed by atoms with Crippen LogP contribution in [0.2, 0.25) is 0 Å². The van der Waals surface area contributed by atoms with Crippen LogP contribution in [-0.4, -0.2) is 27.7 Å². The maximum absolute atomic E-state index is 11.3. The predicted octanol–water partition coefficient (Wildman–Crippen LogP) is 1.21. The summed E-state index contributed by atoms with van der Waals surface area (Å²) in [6.07, 6.45) is -0.0349. The molecule has 0 saturated carbocycles. The number of amides is 1. The van der Waals surface area contributed by atoms with Crippen molar-refractivity contribution in [3.8, 4) is 0 Å². The number of hydrogen-bond acceptors (Lipinski definition) is 5. The number of carboxylic acid groups (broad SMARTS) is 1. The third kappa shape index (κ3) is 3.35. The molecule has 0 aliphatic rings. The number of rotatable bonds is 5. The molecule has 8 heteroatoms. The molecule has 0 aromatic heterocycles. The van der Waals surface area contributed by atoms with E-state index in [2.05, 4.69) is 5.32 Å². The van der Waals surface area contributed by atoms with Gasteiger partial charge in [-0.05, 0) is 12.1 Å². The molecule has 100 valence electrons. The van der Waals surface area contributed by atoms with E-state index in [1.54, 1.807) is 0 Å². The molecule has 0 aliphatic carbocycles. The number of carboxylic acids is 1. The molecule has 1 aromatic rings. The Balaban J connectivity index is 3.14. The van der Waals surface area contributed by atoms with E-state index >= 15 is 0 Å². The highest BCUT2D eigenvalue weighted by atomic mass is 16.6. The highest BCUT2D eigenvalue weighted by Gasteiger charge is 2.20. The Labute approximate surface area is 107 Å². The number of carbonyl (C=O) groups excluding carboxylic acids is 2. The second kappa shape index (κ2) is 5.71. The van der Waals surface area contributed by atoms with E-state index in [4.69, 9.17) is 5.11 Å². The SMILES string of the molecule is CCC(=O)C(=O)Nc1ccc(C(=O)O)cc1[N+](=O)[O-]. The van der Waals surface area contributed by atoms with E-state index in [1.165, 1.54) is 6.92 Å². The molecule has 0 saturated heterocycles. The number of aromatic carboxylic acids is 1. The molecule has 0 heterocycles. The summed E-state index contributed by atoms with van der Waals surface area (Å²) in [5.74, 6) is -3.03. The fraction of sp³-hybridized carbons (Fsp3) is 0.182. The summed E-state index contributed by atoms with van der Waals surface area (Å²) in [5, 5.41) is 21.6. The van der Waals surface area contributed by atoms with Crippen LogP contribution in [0.3, 0.4) is 0 Å². The van der Waals surface area contributed by atoms with Gasteiger partial charge in [0.2, 0.25) is 5.78 Å². The van der Waals surface area contributed by atoms with Gasteiger partial charge in [0.05, 0.1) is 10.5 Å². The number of nitro groups is 1. The summed E-state index contributed by atoms with van der Waals surface area (Å²) in [4.78, 5) is 43.1. The molecule has 1 rings (SSSR count). The monoisotopic (exact) mass is 266 g/mol. The number of Topliss-reactive ketones (excluding diaryl/α,β-unsaturated/α-hetero) is 1. The molecular weight excluding hydrogens is 256 g/mol. The third-order valence-corrected chi connectivity index (χ3v) is 2.26. The quantitative estimate of drug-likeness (QED) is 0.468. The van der Waals surface area contributed by atoms with Gasteiger partial charge in [0.15, 0.2) is 0 Å². The van der Waals surface area contributed by atoms with E-state index in [-0.39, 0.29) is 17.7 Å². The molecule has 1 amide bonds.